The molecule has 1 aromatic carbocycles. The van der Waals surface area contributed by atoms with E-state index in [0.29, 0.717) is 5.92 Å². The Labute approximate surface area is 151 Å². The lowest BCUT2D eigenvalue weighted by atomic mass is 9.72. The van der Waals surface area contributed by atoms with E-state index in [1.165, 1.54) is 12.0 Å². The van der Waals surface area contributed by atoms with Crippen LogP contribution in [0.5, 0.6) is 5.75 Å². The zero-order chi connectivity index (χ0) is 18.6. The number of rotatable bonds is 0. The topological polar surface area (TPSA) is 49.8 Å². The second-order valence-corrected chi connectivity index (χ2v) is 8.98. The van der Waals surface area contributed by atoms with Gasteiger partial charge in [0, 0.05) is 0 Å². The van der Waals surface area contributed by atoms with Crippen molar-refractivity contribution in [2.75, 3.05) is 0 Å². The number of carbonyl (C=O) groups is 1. The molecular weight excluding hydrogens is 314 g/mol. The minimum atomic E-state index is -0.524. The largest absolute Gasteiger partial charge is 0.508 e. The second-order valence-electron chi connectivity index (χ2n) is 8.98. The summed E-state index contributed by atoms with van der Waals surface area (Å²) < 4.78 is 5.78. The predicted octanol–water partition coefficient (Wildman–Crippen LogP) is 5.42. The predicted molar refractivity (Wildman–Crippen MR) is 98.6 cm³/mol. The number of fused-ring (bicyclic) bond motifs is 2. The third kappa shape index (κ3) is 3.00. The van der Waals surface area contributed by atoms with Crippen molar-refractivity contribution in [1.82, 2.24) is 4.90 Å². The van der Waals surface area contributed by atoms with Crippen LogP contribution in [0.1, 0.15) is 83.0 Å². The van der Waals surface area contributed by atoms with Crippen LogP contribution in [0.15, 0.2) is 12.1 Å². The molecule has 2 aliphatic rings. The lowest BCUT2D eigenvalue weighted by Gasteiger charge is -2.45. The minimum absolute atomic E-state index is 0.0456. The number of phenolic OH excluding ortho intramolecular Hbond substituents is 1. The summed E-state index contributed by atoms with van der Waals surface area (Å²) in [6, 6.07) is 3.63. The van der Waals surface area contributed by atoms with E-state index in [2.05, 4.69) is 13.8 Å². The molecule has 1 aromatic rings. The smallest absolute Gasteiger partial charge is 0.411 e. The molecule has 1 amide bonds. The zero-order valence-corrected chi connectivity index (χ0v) is 16.3. The van der Waals surface area contributed by atoms with Crippen LogP contribution in [-0.4, -0.2) is 21.7 Å². The number of nitrogens with zero attached hydrogens (tertiary/aromatic N) is 1. The van der Waals surface area contributed by atoms with Crippen LogP contribution in [0.2, 0.25) is 0 Å². The molecule has 0 aromatic heterocycles. The van der Waals surface area contributed by atoms with Gasteiger partial charge in [0.2, 0.25) is 0 Å². The quantitative estimate of drug-likeness (QED) is 0.683. The van der Waals surface area contributed by atoms with Crippen LogP contribution >= 0.6 is 0 Å². The molecular formula is C21H31NO3. The van der Waals surface area contributed by atoms with E-state index in [4.69, 9.17) is 4.74 Å². The Morgan fingerprint density at radius 2 is 2.00 bits per heavy atom. The third-order valence-electron chi connectivity index (χ3n) is 5.70. The molecule has 3 unspecified atom stereocenters. The van der Waals surface area contributed by atoms with Crippen molar-refractivity contribution >= 4 is 6.09 Å². The number of benzene rings is 1. The molecule has 1 aliphatic heterocycles. The van der Waals surface area contributed by atoms with Crippen LogP contribution in [0, 0.1) is 12.8 Å². The van der Waals surface area contributed by atoms with E-state index >= 15 is 0 Å². The van der Waals surface area contributed by atoms with Gasteiger partial charge in [-0.3, -0.25) is 4.90 Å². The van der Waals surface area contributed by atoms with E-state index in [9.17, 15) is 9.90 Å². The number of hydrogen-bond acceptors (Lipinski definition) is 3. The van der Waals surface area contributed by atoms with Crippen molar-refractivity contribution in [3.8, 4) is 5.75 Å². The summed E-state index contributed by atoms with van der Waals surface area (Å²) in [5, 5.41) is 10.2. The normalized spacial score (nSPS) is 29.0. The first-order chi connectivity index (χ1) is 11.5. The molecule has 1 heterocycles. The van der Waals surface area contributed by atoms with Gasteiger partial charge in [-0.15, -0.1) is 0 Å². The van der Waals surface area contributed by atoms with Gasteiger partial charge in [-0.2, -0.15) is 0 Å². The summed E-state index contributed by atoms with van der Waals surface area (Å²) >= 11 is 0. The maximum absolute atomic E-state index is 13.2. The highest BCUT2D eigenvalue weighted by Gasteiger charge is 2.54. The van der Waals surface area contributed by atoms with Crippen molar-refractivity contribution < 1.29 is 14.6 Å². The highest BCUT2D eigenvalue weighted by Crippen LogP contribution is 2.56. The minimum Gasteiger partial charge on any atom is -0.508 e. The fraction of sp³-hybridized carbons (Fsp3) is 0.667. The Hall–Kier alpha value is -1.71. The van der Waals surface area contributed by atoms with Crippen molar-refractivity contribution in [2.24, 2.45) is 5.92 Å². The number of amides is 1. The maximum atomic E-state index is 13.2. The molecule has 1 aliphatic carbocycles. The van der Waals surface area contributed by atoms with Gasteiger partial charge in [-0.1, -0.05) is 19.8 Å². The standard InChI is InChI=1S/C21H31NO3/c1-13-8-7-9-21(12-13)17-11-16(23)10-14(2)18(17)15(3)22(21)19(24)25-20(4,5)6/h10-11,13,15,23H,7-9,12H2,1-6H3. The molecule has 1 spiro atoms. The fourth-order valence-electron chi connectivity index (χ4n) is 4.98. The van der Waals surface area contributed by atoms with Gasteiger partial charge in [0.15, 0.2) is 0 Å². The van der Waals surface area contributed by atoms with Gasteiger partial charge < -0.3 is 9.84 Å². The van der Waals surface area contributed by atoms with Crippen LogP contribution in [0.25, 0.3) is 0 Å². The van der Waals surface area contributed by atoms with Crippen molar-refractivity contribution in [3.05, 3.63) is 28.8 Å². The Kier molecular flexibility index (Phi) is 4.29. The molecule has 4 nitrogen and oxygen atoms in total. The molecule has 3 atom stereocenters. The van der Waals surface area contributed by atoms with Crippen LogP contribution < -0.4 is 0 Å². The molecule has 0 saturated heterocycles. The summed E-state index contributed by atoms with van der Waals surface area (Å²) in [7, 11) is 0. The molecule has 1 N–H and O–H groups in total. The van der Waals surface area contributed by atoms with Crippen LogP contribution in [-0.2, 0) is 10.3 Å². The molecule has 0 radical (unpaired) electrons. The molecule has 1 saturated carbocycles. The van der Waals surface area contributed by atoms with E-state index in [0.717, 1.165) is 30.4 Å². The zero-order valence-electron chi connectivity index (χ0n) is 16.3. The molecule has 4 heteroatoms. The lowest BCUT2D eigenvalue weighted by Crippen LogP contribution is -2.50. The Bertz CT molecular complexity index is 691. The maximum Gasteiger partial charge on any atom is 0.411 e. The number of phenols is 1. The SMILES string of the molecule is Cc1cc(O)cc2c1C(C)N(C(=O)OC(C)(C)C)C21CCCC(C)C1. The average molecular weight is 345 g/mol. The third-order valence-corrected chi connectivity index (χ3v) is 5.70. The Morgan fingerprint density at radius 1 is 1.32 bits per heavy atom. The van der Waals surface area contributed by atoms with Gasteiger partial charge in [0.25, 0.3) is 0 Å². The first-order valence-corrected chi connectivity index (χ1v) is 9.41. The average Bonchev–Trinajstić information content (AvgIpc) is 2.65. The molecule has 138 valence electrons. The number of ether oxygens (including phenoxy) is 1. The van der Waals surface area contributed by atoms with E-state index in [1.54, 1.807) is 6.07 Å². The Morgan fingerprint density at radius 3 is 2.60 bits per heavy atom. The fourth-order valence-corrected chi connectivity index (χ4v) is 4.98. The lowest BCUT2D eigenvalue weighted by molar-refractivity contribution is -0.0258. The number of aryl methyl sites for hydroxylation is 1. The van der Waals surface area contributed by atoms with Gasteiger partial charge in [0.05, 0.1) is 11.6 Å². The number of hydrogen-bond donors (Lipinski definition) is 1. The monoisotopic (exact) mass is 345 g/mol. The van der Waals surface area contributed by atoms with Crippen molar-refractivity contribution in [1.29, 1.82) is 0 Å². The number of carbonyl (C=O) groups excluding carboxylic acids is 1. The Balaban J connectivity index is 2.14. The van der Waals surface area contributed by atoms with E-state index < -0.39 is 5.60 Å². The van der Waals surface area contributed by atoms with Crippen molar-refractivity contribution in [3.63, 3.8) is 0 Å². The molecule has 0 bridgehead atoms. The molecule has 1 fully saturated rings. The summed E-state index contributed by atoms with van der Waals surface area (Å²) in [4.78, 5) is 15.1. The van der Waals surface area contributed by atoms with Crippen molar-refractivity contribution in [2.45, 2.75) is 84.4 Å². The number of aromatic hydroxyl groups is 1. The first kappa shape index (κ1) is 18.1. The highest BCUT2D eigenvalue weighted by atomic mass is 16.6. The highest BCUT2D eigenvalue weighted by molar-refractivity contribution is 5.73. The summed E-state index contributed by atoms with van der Waals surface area (Å²) in [6.45, 7) is 12.1. The van der Waals surface area contributed by atoms with Gasteiger partial charge >= 0.3 is 6.09 Å². The van der Waals surface area contributed by atoms with Gasteiger partial charge in [-0.05, 0) is 82.2 Å². The van der Waals surface area contributed by atoms with Crippen LogP contribution in [0.3, 0.4) is 0 Å². The summed E-state index contributed by atoms with van der Waals surface area (Å²) in [5.41, 5.74) is 2.46. The van der Waals surface area contributed by atoms with E-state index in [-0.39, 0.29) is 23.4 Å². The van der Waals surface area contributed by atoms with Gasteiger partial charge in [-0.25, -0.2) is 4.79 Å². The first-order valence-electron chi connectivity index (χ1n) is 9.41. The summed E-state index contributed by atoms with van der Waals surface area (Å²) in [6.07, 6.45) is 3.87. The van der Waals surface area contributed by atoms with Gasteiger partial charge in [0.1, 0.15) is 11.4 Å². The summed E-state index contributed by atoms with van der Waals surface area (Å²) in [5.74, 6) is 0.826. The second kappa shape index (κ2) is 5.93. The van der Waals surface area contributed by atoms with Crippen LogP contribution in [0.4, 0.5) is 4.79 Å². The molecule has 3 rings (SSSR count). The van der Waals surface area contributed by atoms with E-state index in [1.807, 2.05) is 38.7 Å². The molecule has 25 heavy (non-hydrogen) atoms.